The van der Waals surface area contributed by atoms with Gasteiger partial charge < -0.3 is 15.6 Å². The van der Waals surface area contributed by atoms with Gasteiger partial charge in [0.15, 0.2) is 11.5 Å². The van der Waals surface area contributed by atoms with E-state index in [0.717, 1.165) is 15.6 Å². The van der Waals surface area contributed by atoms with E-state index < -0.39 is 0 Å². The molecule has 1 aromatic rings. The van der Waals surface area contributed by atoms with Gasteiger partial charge in [0.05, 0.1) is 7.11 Å². The van der Waals surface area contributed by atoms with Gasteiger partial charge in [0, 0.05) is 10.0 Å². The summed E-state index contributed by atoms with van der Waals surface area (Å²) in [4.78, 5) is 0. The number of hydrogen-bond acceptors (Lipinski definition) is 3. The lowest BCUT2D eigenvalue weighted by molar-refractivity contribution is 0.368. The Morgan fingerprint density at radius 3 is 2.67 bits per heavy atom. The van der Waals surface area contributed by atoms with Crippen molar-refractivity contribution in [3.63, 3.8) is 0 Å². The molecule has 0 aromatic heterocycles. The zero-order valence-electron chi connectivity index (χ0n) is 9.17. The summed E-state index contributed by atoms with van der Waals surface area (Å²) in [7, 11) is 1.54. The molecular formula is C11H16BrNO2. The number of methoxy groups -OCH3 is 1. The third kappa shape index (κ3) is 2.26. The largest absolute Gasteiger partial charge is 0.504 e. The van der Waals surface area contributed by atoms with Gasteiger partial charge in [-0.1, -0.05) is 22.9 Å². The van der Waals surface area contributed by atoms with E-state index in [9.17, 15) is 5.11 Å². The SMILES string of the molecule is COc1cc(Br)c(C)c(C(C)CN)c1O. The fourth-order valence-corrected chi connectivity index (χ4v) is 2.03. The predicted molar refractivity (Wildman–Crippen MR) is 64.6 cm³/mol. The first-order valence-electron chi connectivity index (χ1n) is 4.78. The number of benzene rings is 1. The van der Waals surface area contributed by atoms with Crippen LogP contribution in [0.15, 0.2) is 10.5 Å². The highest BCUT2D eigenvalue weighted by Gasteiger charge is 2.18. The molecule has 0 saturated heterocycles. The monoisotopic (exact) mass is 273 g/mol. The van der Waals surface area contributed by atoms with Gasteiger partial charge in [-0.05, 0) is 31.0 Å². The molecule has 1 atom stereocenters. The van der Waals surface area contributed by atoms with Crippen molar-refractivity contribution in [2.45, 2.75) is 19.8 Å². The summed E-state index contributed by atoms with van der Waals surface area (Å²) in [6.07, 6.45) is 0. The Hall–Kier alpha value is -0.740. The van der Waals surface area contributed by atoms with E-state index in [1.54, 1.807) is 6.07 Å². The summed E-state index contributed by atoms with van der Waals surface area (Å²) >= 11 is 3.44. The first kappa shape index (κ1) is 12.3. The minimum absolute atomic E-state index is 0.108. The summed E-state index contributed by atoms with van der Waals surface area (Å²) in [5.41, 5.74) is 7.47. The molecule has 1 rings (SSSR count). The lowest BCUT2D eigenvalue weighted by Crippen LogP contribution is -2.11. The molecule has 0 saturated carbocycles. The fourth-order valence-electron chi connectivity index (χ4n) is 1.61. The summed E-state index contributed by atoms with van der Waals surface area (Å²) < 4.78 is 6.02. The van der Waals surface area contributed by atoms with Gasteiger partial charge >= 0.3 is 0 Å². The van der Waals surface area contributed by atoms with Gasteiger partial charge in [-0.15, -0.1) is 0 Å². The average molecular weight is 274 g/mol. The third-order valence-electron chi connectivity index (χ3n) is 2.57. The van der Waals surface area contributed by atoms with E-state index in [1.165, 1.54) is 7.11 Å². The smallest absolute Gasteiger partial charge is 0.161 e. The predicted octanol–water partition coefficient (Wildman–Crippen LogP) is 2.53. The molecule has 0 bridgehead atoms. The van der Waals surface area contributed by atoms with E-state index in [0.29, 0.717) is 12.3 Å². The van der Waals surface area contributed by atoms with Crippen LogP contribution in [0.3, 0.4) is 0 Å². The highest BCUT2D eigenvalue weighted by Crippen LogP contribution is 2.40. The summed E-state index contributed by atoms with van der Waals surface area (Å²) in [6.45, 7) is 4.42. The molecule has 0 fully saturated rings. The number of ether oxygens (including phenoxy) is 1. The quantitative estimate of drug-likeness (QED) is 0.890. The summed E-state index contributed by atoms with van der Waals surface area (Å²) in [5.74, 6) is 0.773. The molecule has 15 heavy (non-hydrogen) atoms. The molecule has 0 aliphatic rings. The van der Waals surface area contributed by atoms with Crippen LogP contribution in [-0.4, -0.2) is 18.8 Å². The minimum atomic E-state index is 0.108. The van der Waals surface area contributed by atoms with E-state index in [4.69, 9.17) is 10.5 Å². The Morgan fingerprint density at radius 2 is 2.20 bits per heavy atom. The van der Waals surface area contributed by atoms with E-state index in [1.807, 2.05) is 13.8 Å². The molecule has 0 aliphatic carbocycles. The lowest BCUT2D eigenvalue weighted by atomic mass is 9.95. The number of hydrogen-bond donors (Lipinski definition) is 2. The second-order valence-electron chi connectivity index (χ2n) is 3.58. The second-order valence-corrected chi connectivity index (χ2v) is 4.44. The van der Waals surface area contributed by atoms with Crippen molar-refractivity contribution in [2.75, 3.05) is 13.7 Å². The summed E-state index contributed by atoms with van der Waals surface area (Å²) in [5, 5.41) is 9.99. The molecule has 0 amide bonds. The highest BCUT2D eigenvalue weighted by atomic mass is 79.9. The average Bonchev–Trinajstić information content (AvgIpc) is 2.23. The molecule has 0 radical (unpaired) electrons. The van der Waals surface area contributed by atoms with Gasteiger partial charge in [0.2, 0.25) is 0 Å². The van der Waals surface area contributed by atoms with Crippen molar-refractivity contribution < 1.29 is 9.84 Å². The van der Waals surface area contributed by atoms with Crippen molar-refractivity contribution >= 4 is 15.9 Å². The maximum absolute atomic E-state index is 9.99. The molecule has 84 valence electrons. The first-order valence-corrected chi connectivity index (χ1v) is 5.58. The molecule has 0 heterocycles. The van der Waals surface area contributed by atoms with Crippen LogP contribution in [0.1, 0.15) is 24.0 Å². The third-order valence-corrected chi connectivity index (χ3v) is 3.40. The van der Waals surface area contributed by atoms with Crippen molar-refractivity contribution in [1.82, 2.24) is 0 Å². The molecule has 0 spiro atoms. The van der Waals surface area contributed by atoms with Crippen LogP contribution in [0, 0.1) is 6.92 Å². The van der Waals surface area contributed by atoms with Crippen LogP contribution in [0.25, 0.3) is 0 Å². The van der Waals surface area contributed by atoms with Crippen LogP contribution in [0.2, 0.25) is 0 Å². The molecule has 0 aliphatic heterocycles. The topological polar surface area (TPSA) is 55.5 Å². The fraction of sp³-hybridized carbons (Fsp3) is 0.455. The Balaban J connectivity index is 3.40. The van der Waals surface area contributed by atoms with Gasteiger partial charge in [0.25, 0.3) is 0 Å². The maximum Gasteiger partial charge on any atom is 0.161 e. The maximum atomic E-state index is 9.99. The Morgan fingerprint density at radius 1 is 1.60 bits per heavy atom. The van der Waals surface area contributed by atoms with Crippen molar-refractivity contribution in [2.24, 2.45) is 5.73 Å². The molecule has 4 heteroatoms. The first-order chi connectivity index (χ1) is 7.02. The zero-order chi connectivity index (χ0) is 11.6. The zero-order valence-corrected chi connectivity index (χ0v) is 10.8. The Labute approximate surface area is 98.4 Å². The molecular weight excluding hydrogens is 258 g/mol. The molecule has 3 nitrogen and oxygen atoms in total. The second kappa shape index (κ2) is 4.86. The number of rotatable bonds is 3. The van der Waals surface area contributed by atoms with Crippen LogP contribution < -0.4 is 10.5 Å². The summed E-state index contributed by atoms with van der Waals surface area (Å²) in [6, 6.07) is 1.76. The minimum Gasteiger partial charge on any atom is -0.504 e. The lowest BCUT2D eigenvalue weighted by Gasteiger charge is -2.18. The van der Waals surface area contributed by atoms with Crippen LogP contribution in [0.5, 0.6) is 11.5 Å². The van der Waals surface area contributed by atoms with E-state index in [2.05, 4.69) is 15.9 Å². The van der Waals surface area contributed by atoms with Crippen LogP contribution in [0.4, 0.5) is 0 Å². The Kier molecular flexibility index (Phi) is 3.99. The number of nitrogens with two attached hydrogens (primary N) is 1. The molecule has 3 N–H and O–H groups in total. The van der Waals surface area contributed by atoms with E-state index >= 15 is 0 Å². The Bertz CT molecular complexity index is 366. The van der Waals surface area contributed by atoms with Crippen molar-refractivity contribution in [3.05, 3.63) is 21.7 Å². The van der Waals surface area contributed by atoms with Gasteiger partial charge in [-0.2, -0.15) is 0 Å². The normalized spacial score (nSPS) is 12.6. The number of aromatic hydroxyl groups is 1. The number of phenols is 1. The van der Waals surface area contributed by atoms with Crippen LogP contribution >= 0.6 is 15.9 Å². The number of halogens is 1. The van der Waals surface area contributed by atoms with Gasteiger partial charge in [-0.25, -0.2) is 0 Å². The van der Waals surface area contributed by atoms with E-state index in [-0.39, 0.29) is 11.7 Å². The molecule has 1 unspecified atom stereocenters. The van der Waals surface area contributed by atoms with Crippen LogP contribution in [-0.2, 0) is 0 Å². The standard InChI is InChI=1S/C11H16BrNO2/c1-6(5-13)10-7(2)8(12)4-9(15-3)11(10)14/h4,6,14H,5,13H2,1-3H3. The number of phenolic OH excluding ortho intramolecular Hbond substituents is 1. The molecule has 1 aromatic carbocycles. The van der Waals surface area contributed by atoms with Gasteiger partial charge in [-0.3, -0.25) is 0 Å². The van der Waals surface area contributed by atoms with Crippen molar-refractivity contribution in [3.8, 4) is 11.5 Å². The van der Waals surface area contributed by atoms with Gasteiger partial charge in [0.1, 0.15) is 0 Å². The highest BCUT2D eigenvalue weighted by molar-refractivity contribution is 9.10. The van der Waals surface area contributed by atoms with Crippen molar-refractivity contribution in [1.29, 1.82) is 0 Å².